The molecule has 0 fully saturated rings. The lowest BCUT2D eigenvalue weighted by Gasteiger charge is -2.08. The number of sulfonamides is 1. The van der Waals surface area contributed by atoms with Crippen molar-refractivity contribution in [3.63, 3.8) is 0 Å². The first-order chi connectivity index (χ1) is 12.7. The molecule has 3 aromatic rings. The first kappa shape index (κ1) is 18.6. The van der Waals surface area contributed by atoms with Crippen LogP contribution < -0.4 is 10.5 Å². The number of oxazole rings is 1. The van der Waals surface area contributed by atoms with Gasteiger partial charge in [0.15, 0.2) is 17.2 Å². The van der Waals surface area contributed by atoms with Gasteiger partial charge in [-0.2, -0.15) is 0 Å². The fourth-order valence-corrected chi connectivity index (χ4v) is 3.40. The highest BCUT2D eigenvalue weighted by molar-refractivity contribution is 7.92. The molecule has 1 aromatic heterocycles. The summed E-state index contributed by atoms with van der Waals surface area (Å²) in [5.74, 6) is -3.88. The number of carbonyl (C=O) groups excluding carboxylic acids is 1. The van der Waals surface area contributed by atoms with Crippen molar-refractivity contribution < 1.29 is 31.1 Å². The Balaban J connectivity index is 1.97. The molecule has 8 nitrogen and oxygen atoms in total. The highest BCUT2D eigenvalue weighted by Crippen LogP contribution is 2.22. The third-order valence-electron chi connectivity index (χ3n) is 3.64. The lowest BCUT2D eigenvalue weighted by molar-refractivity contribution is -0.141. The molecule has 3 rings (SSSR count). The smallest absolute Gasteiger partial charge is 0.420 e. The molecule has 0 atom stereocenters. The minimum Gasteiger partial charge on any atom is -0.468 e. The van der Waals surface area contributed by atoms with Crippen LogP contribution in [0.25, 0.3) is 11.1 Å². The molecule has 0 amide bonds. The monoisotopic (exact) mass is 398 g/mol. The predicted octanol–water partition coefficient (Wildman–Crippen LogP) is 1.85. The summed E-state index contributed by atoms with van der Waals surface area (Å²) in [6.07, 6.45) is 0. The highest BCUT2D eigenvalue weighted by Gasteiger charge is 2.19. The van der Waals surface area contributed by atoms with Gasteiger partial charge in [-0.25, -0.2) is 22.0 Å². The second-order valence-corrected chi connectivity index (χ2v) is 7.08. The van der Waals surface area contributed by atoms with Crippen LogP contribution in [0, 0.1) is 11.6 Å². The maximum Gasteiger partial charge on any atom is 0.420 e. The average Bonchev–Trinajstić information content (AvgIpc) is 2.92. The minimum absolute atomic E-state index is 0.0722. The van der Waals surface area contributed by atoms with Gasteiger partial charge in [-0.15, -0.1) is 0 Å². The number of methoxy groups -OCH3 is 1. The molecule has 0 unspecified atom stereocenters. The van der Waals surface area contributed by atoms with E-state index in [9.17, 15) is 26.8 Å². The summed E-state index contributed by atoms with van der Waals surface area (Å²) in [6, 6.07) is 6.06. The molecule has 0 spiro atoms. The molecule has 27 heavy (non-hydrogen) atoms. The molecule has 142 valence electrons. The summed E-state index contributed by atoms with van der Waals surface area (Å²) in [5, 5.41) is 0. The molecule has 0 aliphatic rings. The number of nitrogens with zero attached hydrogens (tertiary/aromatic N) is 1. The van der Waals surface area contributed by atoms with Crippen LogP contribution in [-0.2, 0) is 26.1 Å². The Bertz CT molecular complexity index is 1200. The van der Waals surface area contributed by atoms with E-state index in [1.54, 1.807) is 0 Å². The number of nitrogens with one attached hydrogen (secondary N) is 1. The van der Waals surface area contributed by atoms with Gasteiger partial charge < -0.3 is 9.15 Å². The topological polar surface area (TPSA) is 108 Å². The quantitative estimate of drug-likeness (QED) is 0.657. The van der Waals surface area contributed by atoms with Crippen molar-refractivity contribution in [3.8, 4) is 0 Å². The zero-order valence-electron chi connectivity index (χ0n) is 13.7. The van der Waals surface area contributed by atoms with Crippen LogP contribution in [-0.4, -0.2) is 26.1 Å². The Morgan fingerprint density at radius 3 is 2.59 bits per heavy atom. The molecule has 0 saturated carbocycles. The van der Waals surface area contributed by atoms with E-state index in [4.69, 9.17) is 4.42 Å². The summed E-state index contributed by atoms with van der Waals surface area (Å²) >= 11 is 0. The summed E-state index contributed by atoms with van der Waals surface area (Å²) in [5.41, 5.74) is -0.0621. The van der Waals surface area contributed by atoms with Gasteiger partial charge in [0, 0.05) is 12.1 Å². The number of rotatable bonds is 5. The first-order valence-electron chi connectivity index (χ1n) is 7.39. The van der Waals surface area contributed by atoms with Gasteiger partial charge in [-0.05, 0) is 24.3 Å². The number of hydrogen-bond donors (Lipinski definition) is 1. The summed E-state index contributed by atoms with van der Waals surface area (Å²) in [6.45, 7) is -0.401. The summed E-state index contributed by atoms with van der Waals surface area (Å²) < 4.78 is 63.6. The van der Waals surface area contributed by atoms with Crippen molar-refractivity contribution in [1.82, 2.24) is 4.57 Å². The number of benzene rings is 2. The lowest BCUT2D eigenvalue weighted by Crippen LogP contribution is -2.20. The Morgan fingerprint density at radius 1 is 1.19 bits per heavy atom. The number of anilines is 1. The third kappa shape index (κ3) is 3.67. The zero-order chi connectivity index (χ0) is 19.8. The van der Waals surface area contributed by atoms with Crippen molar-refractivity contribution in [2.24, 2.45) is 0 Å². The largest absolute Gasteiger partial charge is 0.468 e. The van der Waals surface area contributed by atoms with Gasteiger partial charge in [0.2, 0.25) is 0 Å². The van der Waals surface area contributed by atoms with Gasteiger partial charge >= 0.3 is 11.7 Å². The van der Waals surface area contributed by atoms with Gasteiger partial charge in [0.05, 0.1) is 23.2 Å². The third-order valence-corrected chi connectivity index (χ3v) is 5.02. The Hall–Kier alpha value is -3.21. The SMILES string of the molecule is COC(=O)Cn1c(=O)oc2cc(S(=O)(=O)Nc3ccc(F)c(F)c3)ccc21. The molecule has 0 saturated heterocycles. The van der Waals surface area contributed by atoms with Crippen LogP contribution in [0.2, 0.25) is 0 Å². The summed E-state index contributed by atoms with van der Waals surface area (Å²) in [7, 11) is -3.01. The number of ether oxygens (including phenoxy) is 1. The van der Waals surface area contributed by atoms with Gasteiger partial charge in [0.25, 0.3) is 10.0 Å². The predicted molar refractivity (Wildman–Crippen MR) is 89.7 cm³/mol. The Morgan fingerprint density at radius 2 is 1.93 bits per heavy atom. The van der Waals surface area contributed by atoms with Crippen LogP contribution in [0.3, 0.4) is 0 Å². The van der Waals surface area contributed by atoms with Crippen molar-refractivity contribution in [2.75, 3.05) is 11.8 Å². The van der Waals surface area contributed by atoms with E-state index in [-0.39, 0.29) is 21.7 Å². The van der Waals surface area contributed by atoms with Gasteiger partial charge in [-0.3, -0.25) is 14.1 Å². The number of fused-ring (bicyclic) bond motifs is 1. The molecule has 0 aliphatic carbocycles. The van der Waals surface area contributed by atoms with Crippen molar-refractivity contribution >= 4 is 32.8 Å². The molecule has 0 bridgehead atoms. The molecular formula is C16H12F2N2O6S. The van der Waals surface area contributed by atoms with E-state index in [0.717, 1.165) is 29.9 Å². The van der Waals surface area contributed by atoms with Crippen LogP contribution in [0.5, 0.6) is 0 Å². The van der Waals surface area contributed by atoms with Crippen LogP contribution in [0.1, 0.15) is 0 Å². The molecule has 1 heterocycles. The highest BCUT2D eigenvalue weighted by atomic mass is 32.2. The minimum atomic E-state index is -4.17. The van der Waals surface area contributed by atoms with E-state index < -0.39 is 39.9 Å². The van der Waals surface area contributed by atoms with Gasteiger partial charge in [0.1, 0.15) is 6.54 Å². The maximum atomic E-state index is 13.2. The summed E-state index contributed by atoms with van der Waals surface area (Å²) in [4.78, 5) is 22.9. The van der Waals surface area contributed by atoms with Crippen LogP contribution in [0.4, 0.5) is 14.5 Å². The normalized spacial score (nSPS) is 11.5. The maximum absolute atomic E-state index is 13.2. The fourth-order valence-electron chi connectivity index (χ4n) is 2.33. The van der Waals surface area contributed by atoms with E-state index in [1.807, 2.05) is 0 Å². The number of aromatic nitrogens is 1. The van der Waals surface area contributed by atoms with Crippen LogP contribution >= 0.6 is 0 Å². The molecule has 1 N–H and O–H groups in total. The molecular weight excluding hydrogens is 386 g/mol. The van der Waals surface area contributed by atoms with Crippen molar-refractivity contribution in [2.45, 2.75) is 11.4 Å². The fraction of sp³-hybridized carbons (Fsp3) is 0.125. The van der Waals surface area contributed by atoms with Crippen molar-refractivity contribution in [1.29, 1.82) is 0 Å². The second-order valence-electron chi connectivity index (χ2n) is 5.39. The average molecular weight is 398 g/mol. The van der Waals surface area contributed by atoms with E-state index >= 15 is 0 Å². The molecule has 0 aliphatic heterocycles. The molecule has 0 radical (unpaired) electrons. The van der Waals surface area contributed by atoms with E-state index in [2.05, 4.69) is 9.46 Å². The molecule has 2 aromatic carbocycles. The lowest BCUT2D eigenvalue weighted by atomic mass is 10.3. The number of carbonyl (C=O) groups is 1. The Labute approximate surface area is 151 Å². The zero-order valence-corrected chi connectivity index (χ0v) is 14.5. The molecule has 11 heteroatoms. The van der Waals surface area contributed by atoms with E-state index in [0.29, 0.717) is 6.07 Å². The Kier molecular flexibility index (Phi) is 4.70. The number of halogens is 2. The van der Waals surface area contributed by atoms with Crippen LogP contribution in [0.15, 0.2) is 50.5 Å². The van der Waals surface area contributed by atoms with Crippen molar-refractivity contribution in [3.05, 3.63) is 58.6 Å². The van der Waals surface area contributed by atoms with E-state index in [1.165, 1.54) is 12.1 Å². The number of esters is 1. The first-order valence-corrected chi connectivity index (χ1v) is 8.87. The standard InChI is InChI=1S/C16H12F2N2O6S/c1-25-15(21)8-20-13-5-3-10(7-14(13)26-16(20)22)27(23,24)19-9-2-4-11(17)12(18)6-9/h2-7,19H,8H2,1H3. The second kappa shape index (κ2) is 6.83. The number of hydrogen-bond acceptors (Lipinski definition) is 6. The van der Waals surface area contributed by atoms with Gasteiger partial charge in [-0.1, -0.05) is 0 Å².